The average Bonchev–Trinajstić information content (AvgIpc) is 2.05. The van der Waals surface area contributed by atoms with Crippen molar-refractivity contribution in [3.63, 3.8) is 0 Å². The fourth-order valence-corrected chi connectivity index (χ4v) is 0.781. The molecule has 0 saturated carbocycles. The van der Waals surface area contributed by atoms with Crippen molar-refractivity contribution in [2.24, 2.45) is 0 Å². The second-order valence-electron chi connectivity index (χ2n) is 2.36. The minimum Gasteiger partial charge on any atom is -0.506 e. The minimum atomic E-state index is -0.196. The van der Waals surface area contributed by atoms with E-state index in [-0.39, 0.29) is 11.5 Å². The number of carbonyl (C=O) groups is 1. The molecule has 0 radical (unpaired) electrons. The molecule has 1 aromatic heterocycles. The quantitative estimate of drug-likeness (QED) is 0.531. The van der Waals surface area contributed by atoms with Crippen LogP contribution in [0.2, 0.25) is 0 Å². The number of aliphatic hydroxyl groups is 1. The Morgan fingerprint density at radius 2 is 2.33 bits per heavy atom. The Morgan fingerprint density at radius 1 is 1.58 bits per heavy atom. The Bertz CT molecular complexity index is 304. The van der Waals surface area contributed by atoms with Gasteiger partial charge in [-0.3, -0.25) is 9.78 Å². The monoisotopic (exact) mass is 163 g/mol. The first kappa shape index (κ1) is 8.46. The number of allylic oxidation sites excluding steroid dienone is 1. The number of carbonyl (C=O) groups excluding carboxylic acids is 1. The lowest BCUT2D eigenvalue weighted by atomic mass is 10.2. The summed E-state index contributed by atoms with van der Waals surface area (Å²) in [6.45, 7) is 1.37. The maximum atomic E-state index is 10.6. The molecule has 0 fully saturated rings. The number of nitrogens with zero attached hydrogens (tertiary/aromatic N) is 1. The summed E-state index contributed by atoms with van der Waals surface area (Å²) in [7, 11) is 0. The van der Waals surface area contributed by atoms with Gasteiger partial charge >= 0.3 is 0 Å². The zero-order valence-corrected chi connectivity index (χ0v) is 6.69. The van der Waals surface area contributed by atoms with Crippen LogP contribution in [0.5, 0.6) is 0 Å². The van der Waals surface area contributed by atoms with Gasteiger partial charge in [-0.15, -0.1) is 0 Å². The van der Waals surface area contributed by atoms with Gasteiger partial charge in [-0.1, -0.05) is 6.07 Å². The van der Waals surface area contributed by atoms with Gasteiger partial charge in [0.1, 0.15) is 11.5 Å². The molecule has 3 nitrogen and oxygen atoms in total. The predicted octanol–water partition coefficient (Wildman–Crippen LogP) is 1.57. The molecule has 0 spiro atoms. The maximum absolute atomic E-state index is 10.6. The molecule has 1 rings (SSSR count). The molecule has 3 heteroatoms. The summed E-state index contributed by atoms with van der Waals surface area (Å²) in [6, 6.07) is 5.12. The molecule has 0 unspecified atom stereocenters. The number of ketones is 1. The second-order valence-corrected chi connectivity index (χ2v) is 2.36. The Hall–Kier alpha value is -1.64. The van der Waals surface area contributed by atoms with Gasteiger partial charge in [0.05, 0.1) is 0 Å². The highest BCUT2D eigenvalue weighted by atomic mass is 16.3. The van der Waals surface area contributed by atoms with E-state index in [1.165, 1.54) is 6.92 Å². The van der Waals surface area contributed by atoms with Crippen LogP contribution in [-0.2, 0) is 4.79 Å². The lowest BCUT2D eigenvalue weighted by Gasteiger charge is -1.95. The normalized spacial score (nSPS) is 11.2. The SMILES string of the molecule is CC(=O)/C=C(/O)c1ccccn1. The van der Waals surface area contributed by atoms with Crippen LogP contribution in [0.25, 0.3) is 5.76 Å². The first-order valence-electron chi connectivity index (χ1n) is 3.53. The van der Waals surface area contributed by atoms with Gasteiger partial charge in [-0.05, 0) is 19.1 Å². The molecule has 0 atom stereocenters. The molecular weight excluding hydrogens is 154 g/mol. The molecule has 0 aliphatic rings. The highest BCUT2D eigenvalue weighted by molar-refractivity contribution is 5.93. The number of rotatable bonds is 2. The van der Waals surface area contributed by atoms with E-state index in [4.69, 9.17) is 0 Å². The first-order chi connectivity index (χ1) is 5.70. The summed E-state index contributed by atoms with van der Waals surface area (Å²) in [4.78, 5) is 14.4. The van der Waals surface area contributed by atoms with Crippen molar-refractivity contribution >= 4 is 11.5 Å². The standard InChI is InChI=1S/C9H9NO2/c1-7(11)6-9(12)8-4-2-3-5-10-8/h2-6,12H,1H3/b9-6+. The highest BCUT2D eigenvalue weighted by Crippen LogP contribution is 2.05. The largest absolute Gasteiger partial charge is 0.506 e. The Balaban J connectivity index is 2.93. The van der Waals surface area contributed by atoms with Crippen molar-refractivity contribution in [1.82, 2.24) is 4.98 Å². The molecule has 62 valence electrons. The topological polar surface area (TPSA) is 50.2 Å². The van der Waals surface area contributed by atoms with Crippen LogP contribution in [-0.4, -0.2) is 15.9 Å². The van der Waals surface area contributed by atoms with E-state index < -0.39 is 0 Å². The molecule has 0 bridgehead atoms. The Labute approximate surface area is 70.4 Å². The molecule has 0 saturated heterocycles. The van der Waals surface area contributed by atoms with Gasteiger partial charge in [0, 0.05) is 12.3 Å². The fraction of sp³-hybridized carbons (Fsp3) is 0.111. The molecule has 1 N–H and O–H groups in total. The summed E-state index contributed by atoms with van der Waals surface area (Å²) in [5.41, 5.74) is 0.410. The van der Waals surface area contributed by atoms with Crippen molar-refractivity contribution in [2.45, 2.75) is 6.92 Å². The van der Waals surface area contributed by atoms with E-state index in [1.807, 2.05) is 0 Å². The Kier molecular flexibility index (Phi) is 2.58. The second kappa shape index (κ2) is 3.67. The smallest absolute Gasteiger partial charge is 0.156 e. The van der Waals surface area contributed by atoms with Crippen molar-refractivity contribution in [2.75, 3.05) is 0 Å². The first-order valence-corrected chi connectivity index (χ1v) is 3.53. The minimum absolute atomic E-state index is 0.0944. The number of hydrogen-bond donors (Lipinski definition) is 1. The third-order valence-corrected chi connectivity index (χ3v) is 1.27. The molecule has 12 heavy (non-hydrogen) atoms. The maximum Gasteiger partial charge on any atom is 0.156 e. The van der Waals surface area contributed by atoms with E-state index in [2.05, 4.69) is 4.98 Å². The van der Waals surface area contributed by atoms with Gasteiger partial charge in [-0.25, -0.2) is 0 Å². The molecule has 0 aromatic carbocycles. The van der Waals surface area contributed by atoms with E-state index in [9.17, 15) is 9.90 Å². The molecule has 0 amide bonds. The summed E-state index contributed by atoms with van der Waals surface area (Å²) in [5, 5.41) is 9.27. The van der Waals surface area contributed by atoms with Gasteiger partial charge in [-0.2, -0.15) is 0 Å². The lowest BCUT2D eigenvalue weighted by molar-refractivity contribution is -0.112. The van der Waals surface area contributed by atoms with Gasteiger partial charge in [0.2, 0.25) is 0 Å². The fourth-order valence-electron chi connectivity index (χ4n) is 0.781. The molecule has 0 aliphatic heterocycles. The summed E-state index contributed by atoms with van der Waals surface area (Å²) < 4.78 is 0. The van der Waals surface area contributed by atoms with E-state index >= 15 is 0 Å². The van der Waals surface area contributed by atoms with Crippen LogP contribution in [0.15, 0.2) is 30.5 Å². The zero-order valence-electron chi connectivity index (χ0n) is 6.69. The van der Waals surface area contributed by atoms with Gasteiger partial charge in [0.25, 0.3) is 0 Å². The van der Waals surface area contributed by atoms with Crippen LogP contribution >= 0.6 is 0 Å². The molecular formula is C9H9NO2. The zero-order chi connectivity index (χ0) is 8.97. The number of hydrogen-bond acceptors (Lipinski definition) is 3. The van der Waals surface area contributed by atoms with Gasteiger partial charge in [0.15, 0.2) is 5.78 Å². The van der Waals surface area contributed by atoms with E-state index in [1.54, 1.807) is 24.4 Å². The number of aliphatic hydroxyl groups excluding tert-OH is 1. The highest BCUT2D eigenvalue weighted by Gasteiger charge is 1.99. The van der Waals surface area contributed by atoms with Crippen LogP contribution in [0.1, 0.15) is 12.6 Å². The summed E-state index contributed by atoms with van der Waals surface area (Å²) in [6.07, 6.45) is 2.70. The summed E-state index contributed by atoms with van der Waals surface area (Å²) >= 11 is 0. The van der Waals surface area contributed by atoms with Crippen molar-refractivity contribution in [3.05, 3.63) is 36.2 Å². The van der Waals surface area contributed by atoms with Crippen LogP contribution in [0, 0.1) is 0 Å². The third kappa shape index (κ3) is 2.20. The van der Waals surface area contributed by atoms with E-state index in [0.717, 1.165) is 6.08 Å². The average molecular weight is 163 g/mol. The van der Waals surface area contributed by atoms with Crippen LogP contribution < -0.4 is 0 Å². The van der Waals surface area contributed by atoms with Crippen molar-refractivity contribution in [1.29, 1.82) is 0 Å². The molecule has 1 aromatic rings. The van der Waals surface area contributed by atoms with Gasteiger partial charge < -0.3 is 5.11 Å². The van der Waals surface area contributed by atoms with E-state index in [0.29, 0.717) is 5.69 Å². The number of pyridine rings is 1. The molecule has 0 aliphatic carbocycles. The number of aromatic nitrogens is 1. The molecule has 1 heterocycles. The Morgan fingerprint density at radius 3 is 2.83 bits per heavy atom. The van der Waals surface area contributed by atoms with Crippen LogP contribution in [0.3, 0.4) is 0 Å². The van der Waals surface area contributed by atoms with Crippen molar-refractivity contribution in [3.8, 4) is 0 Å². The van der Waals surface area contributed by atoms with Crippen molar-refractivity contribution < 1.29 is 9.90 Å². The van der Waals surface area contributed by atoms with Crippen LogP contribution in [0.4, 0.5) is 0 Å². The predicted molar refractivity (Wildman–Crippen MR) is 45.5 cm³/mol. The summed E-state index contributed by atoms with van der Waals surface area (Å²) in [5.74, 6) is -0.291. The lowest BCUT2D eigenvalue weighted by Crippen LogP contribution is -1.90. The third-order valence-electron chi connectivity index (χ3n) is 1.27.